The second-order valence-electron chi connectivity index (χ2n) is 13.8. The van der Waals surface area contributed by atoms with Crippen LogP contribution in [0.15, 0.2) is 37.4 Å². The Morgan fingerprint density at radius 1 is 0.763 bits per heavy atom. The molecule has 0 spiro atoms. The van der Waals surface area contributed by atoms with Crippen LogP contribution in [0.1, 0.15) is 125 Å². The first kappa shape index (κ1) is 30.1. The molecule has 2 saturated heterocycles. The molecule has 0 N–H and O–H groups in total. The van der Waals surface area contributed by atoms with Gasteiger partial charge in [-0.15, -0.1) is 13.2 Å². The molecule has 3 rings (SSSR count). The first-order valence-corrected chi connectivity index (χ1v) is 13.8. The number of carbonyl (C=O) groups excluding carboxylic acids is 2. The van der Waals surface area contributed by atoms with E-state index in [0.717, 1.165) is 31.5 Å². The summed E-state index contributed by atoms with van der Waals surface area (Å²) in [7, 11) is 0. The van der Waals surface area contributed by atoms with Crippen molar-refractivity contribution >= 4 is 11.9 Å². The van der Waals surface area contributed by atoms with Crippen molar-refractivity contribution in [1.82, 2.24) is 9.80 Å². The molecule has 0 aromatic heterocycles. The number of hydrogen-bond donors (Lipinski definition) is 0. The molecule has 0 aliphatic carbocycles. The molecule has 1 aromatic carbocycles. The molecule has 1 aromatic rings. The van der Waals surface area contributed by atoms with Crippen molar-refractivity contribution in [3.63, 3.8) is 0 Å². The molecular weight excluding hydrogens is 476 g/mol. The molecule has 2 fully saturated rings. The van der Waals surface area contributed by atoms with E-state index < -0.39 is 11.9 Å². The molecule has 38 heavy (non-hydrogen) atoms. The fourth-order valence-corrected chi connectivity index (χ4v) is 8.13. The van der Waals surface area contributed by atoms with Gasteiger partial charge in [0, 0.05) is 46.4 Å². The van der Waals surface area contributed by atoms with Gasteiger partial charge in [0.15, 0.2) is 0 Å². The third kappa shape index (κ3) is 5.48. The van der Waals surface area contributed by atoms with E-state index >= 15 is 0 Å². The lowest BCUT2D eigenvalue weighted by molar-refractivity contribution is -0.259. The standard InChI is InChI=1S/C32H48N2O4/c1-11-15-33-29(3,4)17-21(18-30(33,5)6)23-13-14-24(27(35)36)26(28(37)38)25(23)22-19-31(7,8)34(16-12-2)32(9,10)20-22/h11-14,21-22H,1-2,15-20H2,3-10H3,(H,35,36)(H,37,38)/p-2. The number of aromatic carboxylic acids is 2. The lowest BCUT2D eigenvalue weighted by atomic mass is 9.65. The van der Waals surface area contributed by atoms with Crippen LogP contribution in [-0.4, -0.2) is 57.0 Å². The highest BCUT2D eigenvalue weighted by Gasteiger charge is 2.49. The molecular formula is C32H46N2O4-2. The minimum atomic E-state index is -1.49. The molecule has 0 atom stereocenters. The number of likely N-dealkylation sites (tertiary alicyclic amines) is 2. The van der Waals surface area contributed by atoms with E-state index in [1.165, 1.54) is 6.07 Å². The van der Waals surface area contributed by atoms with Crippen LogP contribution in [0.2, 0.25) is 0 Å². The van der Waals surface area contributed by atoms with Gasteiger partial charge in [-0.05, 0) is 104 Å². The maximum Gasteiger partial charge on any atom is 0.0724 e. The molecule has 0 radical (unpaired) electrons. The summed E-state index contributed by atoms with van der Waals surface area (Å²) in [5.74, 6) is -3.03. The van der Waals surface area contributed by atoms with Crippen LogP contribution >= 0.6 is 0 Å². The van der Waals surface area contributed by atoms with Gasteiger partial charge in [-0.1, -0.05) is 24.3 Å². The second kappa shape index (κ2) is 10.3. The first-order chi connectivity index (χ1) is 17.4. The summed E-state index contributed by atoms with van der Waals surface area (Å²) in [6.07, 6.45) is 6.85. The van der Waals surface area contributed by atoms with Gasteiger partial charge in [0.1, 0.15) is 0 Å². The molecule has 6 nitrogen and oxygen atoms in total. The van der Waals surface area contributed by atoms with E-state index in [1.54, 1.807) is 0 Å². The number of piperidine rings is 2. The number of benzene rings is 1. The largest absolute Gasteiger partial charge is 0.545 e. The lowest BCUT2D eigenvalue weighted by Gasteiger charge is -2.57. The topological polar surface area (TPSA) is 86.7 Å². The van der Waals surface area contributed by atoms with Crippen LogP contribution in [0.5, 0.6) is 0 Å². The Bertz CT molecular complexity index is 1080. The Morgan fingerprint density at radius 3 is 1.50 bits per heavy atom. The fraction of sp³-hybridized carbons (Fsp3) is 0.625. The zero-order valence-corrected chi connectivity index (χ0v) is 24.6. The Kier molecular flexibility index (Phi) is 8.14. The van der Waals surface area contributed by atoms with Crippen molar-refractivity contribution in [1.29, 1.82) is 0 Å². The monoisotopic (exact) mass is 522 g/mol. The van der Waals surface area contributed by atoms with Crippen molar-refractivity contribution in [2.24, 2.45) is 0 Å². The minimum absolute atomic E-state index is 0.0578. The van der Waals surface area contributed by atoms with Gasteiger partial charge < -0.3 is 19.8 Å². The van der Waals surface area contributed by atoms with E-state index in [9.17, 15) is 19.8 Å². The van der Waals surface area contributed by atoms with Gasteiger partial charge in [-0.25, -0.2) is 0 Å². The molecule has 2 aliphatic heterocycles. The Hall–Kier alpha value is -2.44. The predicted octanol–water partition coefficient (Wildman–Crippen LogP) is 4.26. The van der Waals surface area contributed by atoms with E-state index in [2.05, 4.69) is 78.3 Å². The molecule has 0 bridgehead atoms. The van der Waals surface area contributed by atoms with Crippen LogP contribution in [-0.2, 0) is 0 Å². The van der Waals surface area contributed by atoms with E-state index in [4.69, 9.17) is 0 Å². The van der Waals surface area contributed by atoms with Gasteiger partial charge in [-0.3, -0.25) is 9.80 Å². The maximum absolute atomic E-state index is 12.7. The smallest absolute Gasteiger partial charge is 0.0724 e. The normalized spacial score (nSPS) is 23.6. The summed E-state index contributed by atoms with van der Waals surface area (Å²) in [6, 6.07) is 3.27. The minimum Gasteiger partial charge on any atom is -0.545 e. The van der Waals surface area contributed by atoms with Gasteiger partial charge in [-0.2, -0.15) is 0 Å². The van der Waals surface area contributed by atoms with Crippen molar-refractivity contribution < 1.29 is 19.8 Å². The Labute approximate surface area is 229 Å². The number of hydrogen-bond acceptors (Lipinski definition) is 6. The zero-order valence-electron chi connectivity index (χ0n) is 24.6. The van der Waals surface area contributed by atoms with Crippen molar-refractivity contribution in [2.75, 3.05) is 13.1 Å². The van der Waals surface area contributed by atoms with E-state index in [0.29, 0.717) is 18.4 Å². The van der Waals surface area contributed by atoms with Gasteiger partial charge in [0.2, 0.25) is 0 Å². The average molecular weight is 523 g/mol. The van der Waals surface area contributed by atoms with Crippen LogP contribution in [0.25, 0.3) is 0 Å². The summed E-state index contributed by atoms with van der Waals surface area (Å²) in [4.78, 5) is 29.6. The van der Waals surface area contributed by atoms with Crippen LogP contribution in [0, 0.1) is 0 Å². The molecule has 6 heteroatoms. The number of carboxylic acid groups (broad SMARTS) is 2. The molecule has 2 aliphatic rings. The fourth-order valence-electron chi connectivity index (χ4n) is 8.13. The van der Waals surface area contributed by atoms with E-state index in [1.807, 2.05) is 18.2 Å². The molecule has 0 amide bonds. The summed E-state index contributed by atoms with van der Waals surface area (Å²) in [5, 5.41) is 24.8. The Morgan fingerprint density at radius 2 is 1.16 bits per heavy atom. The van der Waals surface area contributed by atoms with Crippen molar-refractivity contribution in [3.05, 3.63) is 59.7 Å². The quantitative estimate of drug-likeness (QED) is 0.474. The zero-order chi connectivity index (χ0) is 28.8. The number of nitrogens with zero attached hydrogens (tertiary/aromatic N) is 2. The molecule has 0 saturated carbocycles. The highest BCUT2D eigenvalue weighted by molar-refractivity contribution is 6.01. The van der Waals surface area contributed by atoms with Gasteiger partial charge in [0.25, 0.3) is 0 Å². The number of carboxylic acids is 2. The molecule has 2 heterocycles. The Balaban J connectivity index is 2.25. The summed E-state index contributed by atoms with van der Waals surface area (Å²) in [5.41, 5.74) is 0.198. The maximum atomic E-state index is 12.7. The van der Waals surface area contributed by atoms with Crippen molar-refractivity contribution in [3.8, 4) is 0 Å². The SMILES string of the molecule is C=CCN1C(C)(C)CC(c2ccc(C(=O)[O-])c(C(=O)[O-])c2C2CC(C)(C)N(CC=C)C(C)(C)C2)CC1(C)C. The second-order valence-corrected chi connectivity index (χ2v) is 13.8. The third-order valence-corrected chi connectivity index (χ3v) is 9.08. The molecule has 210 valence electrons. The van der Waals surface area contributed by atoms with Crippen molar-refractivity contribution in [2.45, 2.75) is 115 Å². The summed E-state index contributed by atoms with van der Waals surface area (Å²) < 4.78 is 0. The van der Waals surface area contributed by atoms with Crippen LogP contribution in [0.4, 0.5) is 0 Å². The lowest BCUT2D eigenvalue weighted by Crippen LogP contribution is -2.60. The number of carbonyl (C=O) groups is 2. The average Bonchev–Trinajstić information content (AvgIpc) is 2.76. The van der Waals surface area contributed by atoms with Crippen LogP contribution < -0.4 is 10.2 Å². The molecule has 0 unspecified atom stereocenters. The highest BCUT2D eigenvalue weighted by atomic mass is 16.4. The van der Waals surface area contributed by atoms with E-state index in [-0.39, 0.29) is 45.1 Å². The van der Waals surface area contributed by atoms with Gasteiger partial charge >= 0.3 is 0 Å². The summed E-state index contributed by atoms with van der Waals surface area (Å²) >= 11 is 0. The van der Waals surface area contributed by atoms with Crippen LogP contribution in [0.3, 0.4) is 0 Å². The predicted molar refractivity (Wildman–Crippen MR) is 149 cm³/mol. The highest BCUT2D eigenvalue weighted by Crippen LogP contribution is 2.52. The third-order valence-electron chi connectivity index (χ3n) is 9.08. The number of rotatable bonds is 8. The first-order valence-electron chi connectivity index (χ1n) is 13.8. The van der Waals surface area contributed by atoms with Gasteiger partial charge in [0.05, 0.1) is 11.9 Å². The summed E-state index contributed by atoms with van der Waals surface area (Å²) in [6.45, 7) is 27.0.